The highest BCUT2D eigenvalue weighted by molar-refractivity contribution is 6.02. The lowest BCUT2D eigenvalue weighted by molar-refractivity contribution is -0.116. The summed E-state index contributed by atoms with van der Waals surface area (Å²) in [5.74, 6) is 0.259. The molecule has 3 rings (SSSR count). The summed E-state index contributed by atoms with van der Waals surface area (Å²) >= 11 is 0. The van der Waals surface area contributed by atoms with E-state index in [1.54, 1.807) is 12.1 Å². The van der Waals surface area contributed by atoms with Gasteiger partial charge < -0.3 is 10.1 Å². The number of benzene rings is 3. The van der Waals surface area contributed by atoms with Crippen LogP contribution in [0.2, 0.25) is 0 Å². The Kier molecular flexibility index (Phi) is 5.32. The number of anilines is 1. The standard InChI is InChI=1S/C22H21NO3/c1-15-7-11-21(26-2)19(13-15)20(24)10-12-22(25)23-18-9-8-16-5-3-4-6-17(16)14-18/h3-9,11,13-14H,10,12H2,1-2H3,(H,23,25). The number of methoxy groups -OCH3 is 1. The first-order valence-electron chi connectivity index (χ1n) is 8.53. The predicted octanol–water partition coefficient (Wildman–Crippen LogP) is 4.76. The van der Waals surface area contributed by atoms with E-state index in [2.05, 4.69) is 5.32 Å². The lowest BCUT2D eigenvalue weighted by Gasteiger charge is -2.09. The van der Waals surface area contributed by atoms with Gasteiger partial charge in [0.05, 0.1) is 12.7 Å². The summed E-state index contributed by atoms with van der Waals surface area (Å²) in [5.41, 5.74) is 2.23. The Morgan fingerprint density at radius 3 is 2.46 bits per heavy atom. The molecule has 0 aliphatic heterocycles. The smallest absolute Gasteiger partial charge is 0.224 e. The van der Waals surface area contributed by atoms with Crippen LogP contribution in [0.25, 0.3) is 10.8 Å². The van der Waals surface area contributed by atoms with E-state index in [1.807, 2.05) is 55.5 Å². The number of hydrogen-bond acceptors (Lipinski definition) is 3. The van der Waals surface area contributed by atoms with E-state index < -0.39 is 0 Å². The second-order valence-corrected chi connectivity index (χ2v) is 6.24. The third kappa shape index (κ3) is 4.09. The number of carbonyl (C=O) groups excluding carboxylic acids is 2. The number of fused-ring (bicyclic) bond motifs is 1. The van der Waals surface area contributed by atoms with Gasteiger partial charge in [-0.05, 0) is 42.0 Å². The molecular weight excluding hydrogens is 326 g/mol. The van der Waals surface area contributed by atoms with E-state index in [0.717, 1.165) is 22.0 Å². The number of hydrogen-bond donors (Lipinski definition) is 1. The number of ether oxygens (including phenoxy) is 1. The average Bonchev–Trinajstić information content (AvgIpc) is 2.66. The molecular formula is C22H21NO3. The van der Waals surface area contributed by atoms with Gasteiger partial charge in [-0.15, -0.1) is 0 Å². The molecule has 0 heterocycles. The van der Waals surface area contributed by atoms with Gasteiger partial charge >= 0.3 is 0 Å². The number of amides is 1. The first kappa shape index (κ1) is 17.7. The first-order chi connectivity index (χ1) is 12.6. The topological polar surface area (TPSA) is 55.4 Å². The Morgan fingerprint density at radius 1 is 0.923 bits per heavy atom. The van der Waals surface area contributed by atoms with Crippen LogP contribution >= 0.6 is 0 Å². The molecule has 132 valence electrons. The van der Waals surface area contributed by atoms with Gasteiger partial charge in [0, 0.05) is 18.5 Å². The molecule has 0 atom stereocenters. The number of aryl methyl sites for hydroxylation is 1. The Labute approximate surface area is 152 Å². The molecule has 0 unspecified atom stereocenters. The van der Waals surface area contributed by atoms with Gasteiger partial charge in [0.2, 0.25) is 5.91 Å². The fourth-order valence-corrected chi connectivity index (χ4v) is 2.89. The number of ketones is 1. The van der Waals surface area contributed by atoms with Crippen molar-refractivity contribution >= 4 is 28.2 Å². The molecule has 1 amide bonds. The number of Topliss-reactive ketones (excluding diaryl/α,β-unsaturated/α-hetero) is 1. The van der Waals surface area contributed by atoms with E-state index in [-0.39, 0.29) is 24.5 Å². The van der Waals surface area contributed by atoms with Crippen LogP contribution < -0.4 is 10.1 Å². The zero-order chi connectivity index (χ0) is 18.5. The van der Waals surface area contributed by atoms with Crippen molar-refractivity contribution in [1.82, 2.24) is 0 Å². The van der Waals surface area contributed by atoms with Crippen molar-refractivity contribution in [2.75, 3.05) is 12.4 Å². The molecule has 3 aromatic carbocycles. The van der Waals surface area contributed by atoms with Crippen LogP contribution in [-0.2, 0) is 4.79 Å². The van der Waals surface area contributed by atoms with Gasteiger partial charge in [0.1, 0.15) is 5.75 Å². The SMILES string of the molecule is COc1ccc(C)cc1C(=O)CCC(=O)Nc1ccc2ccccc2c1. The molecule has 0 radical (unpaired) electrons. The maximum Gasteiger partial charge on any atom is 0.224 e. The fourth-order valence-electron chi connectivity index (χ4n) is 2.89. The van der Waals surface area contributed by atoms with Crippen LogP contribution in [-0.4, -0.2) is 18.8 Å². The highest BCUT2D eigenvalue weighted by Crippen LogP contribution is 2.22. The summed E-state index contributed by atoms with van der Waals surface area (Å²) in [5, 5.41) is 5.04. The lowest BCUT2D eigenvalue weighted by Crippen LogP contribution is -2.14. The lowest BCUT2D eigenvalue weighted by atomic mass is 10.0. The van der Waals surface area contributed by atoms with E-state index in [4.69, 9.17) is 4.74 Å². The van der Waals surface area contributed by atoms with Gasteiger partial charge in [-0.2, -0.15) is 0 Å². The molecule has 0 aliphatic rings. The normalized spacial score (nSPS) is 10.5. The van der Waals surface area contributed by atoms with Crippen molar-refractivity contribution in [3.8, 4) is 5.75 Å². The zero-order valence-electron chi connectivity index (χ0n) is 14.9. The molecule has 4 nitrogen and oxygen atoms in total. The molecule has 0 bridgehead atoms. The van der Waals surface area contributed by atoms with Crippen molar-refractivity contribution in [3.05, 3.63) is 71.8 Å². The third-order valence-electron chi connectivity index (χ3n) is 4.27. The monoisotopic (exact) mass is 347 g/mol. The van der Waals surface area contributed by atoms with Crippen LogP contribution in [0.5, 0.6) is 5.75 Å². The Bertz CT molecular complexity index is 963. The molecule has 0 fully saturated rings. The molecule has 0 aliphatic carbocycles. The summed E-state index contributed by atoms with van der Waals surface area (Å²) in [4.78, 5) is 24.7. The molecule has 4 heteroatoms. The van der Waals surface area contributed by atoms with E-state index in [9.17, 15) is 9.59 Å². The maximum absolute atomic E-state index is 12.4. The second kappa shape index (κ2) is 7.83. The summed E-state index contributed by atoms with van der Waals surface area (Å²) < 4.78 is 5.24. The summed E-state index contributed by atoms with van der Waals surface area (Å²) in [6, 6.07) is 19.2. The van der Waals surface area contributed by atoms with Gasteiger partial charge in [-0.1, -0.05) is 42.0 Å². The van der Waals surface area contributed by atoms with Crippen LogP contribution in [0.1, 0.15) is 28.8 Å². The zero-order valence-corrected chi connectivity index (χ0v) is 14.9. The van der Waals surface area contributed by atoms with E-state index >= 15 is 0 Å². The van der Waals surface area contributed by atoms with Crippen LogP contribution in [0.3, 0.4) is 0 Å². The van der Waals surface area contributed by atoms with E-state index in [0.29, 0.717) is 11.3 Å². The minimum atomic E-state index is -0.180. The molecule has 0 saturated carbocycles. The van der Waals surface area contributed by atoms with Crippen molar-refractivity contribution in [2.24, 2.45) is 0 Å². The van der Waals surface area contributed by atoms with Gasteiger partial charge in [0.25, 0.3) is 0 Å². The summed E-state index contributed by atoms with van der Waals surface area (Å²) in [6.07, 6.45) is 0.266. The van der Waals surface area contributed by atoms with Crippen molar-refractivity contribution in [2.45, 2.75) is 19.8 Å². The highest BCUT2D eigenvalue weighted by atomic mass is 16.5. The Balaban J connectivity index is 1.63. The Morgan fingerprint density at radius 2 is 1.69 bits per heavy atom. The molecule has 26 heavy (non-hydrogen) atoms. The summed E-state index contributed by atoms with van der Waals surface area (Å²) in [7, 11) is 1.54. The Hall–Kier alpha value is -3.14. The van der Waals surface area contributed by atoms with Gasteiger partial charge in [-0.3, -0.25) is 9.59 Å². The minimum Gasteiger partial charge on any atom is -0.496 e. The third-order valence-corrected chi connectivity index (χ3v) is 4.27. The molecule has 3 aromatic rings. The quantitative estimate of drug-likeness (QED) is 0.654. The number of carbonyl (C=O) groups is 2. The predicted molar refractivity (Wildman–Crippen MR) is 104 cm³/mol. The molecule has 0 spiro atoms. The molecule has 0 aromatic heterocycles. The highest BCUT2D eigenvalue weighted by Gasteiger charge is 2.14. The summed E-state index contributed by atoms with van der Waals surface area (Å²) in [6.45, 7) is 1.92. The van der Waals surface area contributed by atoms with Crippen LogP contribution in [0, 0.1) is 6.92 Å². The van der Waals surface area contributed by atoms with Crippen molar-refractivity contribution < 1.29 is 14.3 Å². The van der Waals surface area contributed by atoms with Crippen LogP contribution in [0.15, 0.2) is 60.7 Å². The largest absolute Gasteiger partial charge is 0.496 e. The van der Waals surface area contributed by atoms with Crippen molar-refractivity contribution in [1.29, 1.82) is 0 Å². The van der Waals surface area contributed by atoms with Crippen molar-refractivity contribution in [3.63, 3.8) is 0 Å². The van der Waals surface area contributed by atoms with E-state index in [1.165, 1.54) is 7.11 Å². The second-order valence-electron chi connectivity index (χ2n) is 6.24. The minimum absolute atomic E-state index is 0.0980. The average molecular weight is 347 g/mol. The van der Waals surface area contributed by atoms with Gasteiger partial charge in [-0.25, -0.2) is 0 Å². The molecule has 1 N–H and O–H groups in total. The fraction of sp³-hybridized carbons (Fsp3) is 0.182. The maximum atomic E-state index is 12.4. The molecule has 0 saturated heterocycles. The number of nitrogens with one attached hydrogen (secondary N) is 1. The number of rotatable bonds is 6. The van der Waals surface area contributed by atoms with Gasteiger partial charge in [0.15, 0.2) is 5.78 Å². The first-order valence-corrected chi connectivity index (χ1v) is 8.53. The van der Waals surface area contributed by atoms with Crippen LogP contribution in [0.4, 0.5) is 5.69 Å².